The Morgan fingerprint density at radius 1 is 1.56 bits per heavy atom. The molecule has 1 rings (SSSR count). The standard InChI is InChI=1S/C6H10O3/c1-3-5(7)6(8)4(2)9-3/h3,5,7-8H,1-2H3. The molecule has 0 saturated carbocycles. The van der Waals surface area contributed by atoms with E-state index in [1.165, 1.54) is 0 Å². The fourth-order valence-electron chi connectivity index (χ4n) is 0.834. The zero-order valence-corrected chi connectivity index (χ0v) is 5.46. The first-order valence-corrected chi connectivity index (χ1v) is 2.87. The van der Waals surface area contributed by atoms with Gasteiger partial charge in [0.2, 0.25) is 0 Å². The molecule has 2 N–H and O–H groups in total. The Morgan fingerprint density at radius 3 is 2.22 bits per heavy atom. The Labute approximate surface area is 53.6 Å². The first-order chi connectivity index (χ1) is 4.13. The van der Waals surface area contributed by atoms with E-state index < -0.39 is 6.10 Å². The third-order valence-electron chi connectivity index (χ3n) is 1.45. The molecule has 0 radical (unpaired) electrons. The van der Waals surface area contributed by atoms with Gasteiger partial charge in [0.15, 0.2) is 11.9 Å². The molecule has 0 fully saturated rings. The van der Waals surface area contributed by atoms with Crippen molar-refractivity contribution in [3.05, 3.63) is 11.5 Å². The zero-order chi connectivity index (χ0) is 7.02. The summed E-state index contributed by atoms with van der Waals surface area (Å²) in [6, 6.07) is 0. The lowest BCUT2D eigenvalue weighted by molar-refractivity contribution is 0.0528. The molecule has 0 saturated heterocycles. The molecule has 2 atom stereocenters. The van der Waals surface area contributed by atoms with Gasteiger partial charge in [-0.2, -0.15) is 0 Å². The molecule has 3 heteroatoms. The third kappa shape index (κ3) is 0.876. The third-order valence-corrected chi connectivity index (χ3v) is 1.45. The largest absolute Gasteiger partial charge is 0.506 e. The monoisotopic (exact) mass is 130 g/mol. The molecule has 2 unspecified atom stereocenters. The predicted molar refractivity (Wildman–Crippen MR) is 31.9 cm³/mol. The van der Waals surface area contributed by atoms with E-state index in [1.54, 1.807) is 13.8 Å². The molecule has 0 aromatic rings. The van der Waals surface area contributed by atoms with Crippen molar-refractivity contribution >= 4 is 0 Å². The number of allylic oxidation sites excluding steroid dienone is 1. The normalized spacial score (nSPS) is 35.0. The van der Waals surface area contributed by atoms with Crippen LogP contribution in [0.2, 0.25) is 0 Å². The van der Waals surface area contributed by atoms with Crippen molar-refractivity contribution in [1.29, 1.82) is 0 Å². The average molecular weight is 130 g/mol. The second-order valence-electron chi connectivity index (χ2n) is 2.21. The molecule has 0 aliphatic carbocycles. The molecular formula is C6H10O3. The first-order valence-electron chi connectivity index (χ1n) is 2.87. The molecule has 3 nitrogen and oxygen atoms in total. The fourth-order valence-corrected chi connectivity index (χ4v) is 0.834. The molecule has 0 aromatic carbocycles. The van der Waals surface area contributed by atoms with Gasteiger partial charge in [-0.15, -0.1) is 0 Å². The maximum absolute atomic E-state index is 9.00. The van der Waals surface area contributed by atoms with E-state index in [9.17, 15) is 0 Å². The molecule has 1 aliphatic heterocycles. The number of rotatable bonds is 0. The van der Waals surface area contributed by atoms with Gasteiger partial charge in [-0.1, -0.05) is 0 Å². The molecule has 0 bridgehead atoms. The maximum Gasteiger partial charge on any atom is 0.162 e. The second kappa shape index (κ2) is 1.92. The highest BCUT2D eigenvalue weighted by Crippen LogP contribution is 2.22. The summed E-state index contributed by atoms with van der Waals surface area (Å²) in [5.41, 5.74) is 0. The van der Waals surface area contributed by atoms with Gasteiger partial charge >= 0.3 is 0 Å². The van der Waals surface area contributed by atoms with Crippen molar-refractivity contribution in [1.82, 2.24) is 0 Å². The van der Waals surface area contributed by atoms with Gasteiger partial charge in [-0.05, 0) is 13.8 Å². The van der Waals surface area contributed by atoms with Crippen LogP contribution in [0.5, 0.6) is 0 Å². The lowest BCUT2D eigenvalue weighted by Crippen LogP contribution is -2.19. The van der Waals surface area contributed by atoms with Crippen LogP contribution >= 0.6 is 0 Å². The van der Waals surface area contributed by atoms with Gasteiger partial charge in [0, 0.05) is 0 Å². The van der Waals surface area contributed by atoms with E-state index in [0.717, 1.165) is 0 Å². The minimum absolute atomic E-state index is 0.0394. The number of aliphatic hydroxyl groups excluding tert-OH is 2. The van der Waals surface area contributed by atoms with Gasteiger partial charge in [0.05, 0.1) is 0 Å². The molecule has 0 aromatic heterocycles. The quantitative estimate of drug-likeness (QED) is 0.503. The van der Waals surface area contributed by atoms with Crippen LogP contribution in [-0.2, 0) is 4.74 Å². The summed E-state index contributed by atoms with van der Waals surface area (Å²) in [6.07, 6.45) is -1.13. The van der Waals surface area contributed by atoms with E-state index in [1.807, 2.05) is 0 Å². The van der Waals surface area contributed by atoms with Crippen LogP contribution in [0.3, 0.4) is 0 Å². The average Bonchev–Trinajstić information content (AvgIpc) is 1.98. The molecule has 52 valence electrons. The molecular weight excluding hydrogens is 120 g/mol. The van der Waals surface area contributed by atoms with Crippen molar-refractivity contribution in [2.75, 3.05) is 0 Å². The highest BCUT2D eigenvalue weighted by atomic mass is 16.5. The summed E-state index contributed by atoms with van der Waals surface area (Å²) < 4.78 is 4.97. The summed E-state index contributed by atoms with van der Waals surface area (Å²) in [5.74, 6) is 0.387. The number of aliphatic hydroxyl groups is 2. The summed E-state index contributed by atoms with van der Waals surface area (Å²) >= 11 is 0. The molecule has 1 heterocycles. The second-order valence-corrected chi connectivity index (χ2v) is 2.21. The maximum atomic E-state index is 9.00. The van der Waals surface area contributed by atoms with Crippen molar-refractivity contribution in [2.24, 2.45) is 0 Å². The van der Waals surface area contributed by atoms with Crippen molar-refractivity contribution in [3.63, 3.8) is 0 Å². The Kier molecular flexibility index (Phi) is 1.37. The van der Waals surface area contributed by atoms with E-state index in [0.29, 0.717) is 5.76 Å². The summed E-state index contributed by atoms with van der Waals surface area (Å²) in [7, 11) is 0. The zero-order valence-electron chi connectivity index (χ0n) is 5.46. The van der Waals surface area contributed by atoms with Gasteiger partial charge in [0.25, 0.3) is 0 Å². The van der Waals surface area contributed by atoms with Crippen LogP contribution in [0.15, 0.2) is 11.5 Å². The van der Waals surface area contributed by atoms with Crippen molar-refractivity contribution in [3.8, 4) is 0 Å². The smallest absolute Gasteiger partial charge is 0.162 e. The van der Waals surface area contributed by atoms with Gasteiger partial charge in [0.1, 0.15) is 11.9 Å². The van der Waals surface area contributed by atoms with E-state index in [4.69, 9.17) is 14.9 Å². The number of hydrogen-bond acceptors (Lipinski definition) is 3. The Morgan fingerprint density at radius 2 is 2.11 bits per heavy atom. The van der Waals surface area contributed by atoms with Crippen LogP contribution in [0, 0.1) is 0 Å². The molecule has 9 heavy (non-hydrogen) atoms. The Bertz CT molecular complexity index is 150. The SMILES string of the molecule is CC1=C(O)C(O)C(C)O1. The summed E-state index contributed by atoms with van der Waals surface area (Å²) in [6.45, 7) is 3.33. The summed E-state index contributed by atoms with van der Waals surface area (Å²) in [5, 5.41) is 17.9. The predicted octanol–water partition coefficient (Wildman–Crippen LogP) is 0.555. The van der Waals surface area contributed by atoms with Crippen molar-refractivity contribution in [2.45, 2.75) is 26.1 Å². The molecule has 0 amide bonds. The fraction of sp³-hybridized carbons (Fsp3) is 0.667. The highest BCUT2D eigenvalue weighted by Gasteiger charge is 2.29. The van der Waals surface area contributed by atoms with Gasteiger partial charge in [-0.3, -0.25) is 0 Å². The minimum atomic E-state index is -0.829. The topological polar surface area (TPSA) is 49.7 Å². The van der Waals surface area contributed by atoms with Crippen LogP contribution in [0.4, 0.5) is 0 Å². The summed E-state index contributed by atoms with van der Waals surface area (Å²) in [4.78, 5) is 0. The number of hydrogen-bond donors (Lipinski definition) is 2. The Balaban J connectivity index is 2.74. The first kappa shape index (κ1) is 6.42. The van der Waals surface area contributed by atoms with Gasteiger partial charge < -0.3 is 14.9 Å². The van der Waals surface area contributed by atoms with Crippen LogP contribution < -0.4 is 0 Å². The minimum Gasteiger partial charge on any atom is -0.506 e. The molecule has 0 spiro atoms. The van der Waals surface area contributed by atoms with Crippen LogP contribution in [0.25, 0.3) is 0 Å². The van der Waals surface area contributed by atoms with Crippen LogP contribution in [-0.4, -0.2) is 22.4 Å². The number of ether oxygens (including phenoxy) is 1. The lowest BCUT2D eigenvalue weighted by Gasteiger charge is -2.06. The van der Waals surface area contributed by atoms with E-state index >= 15 is 0 Å². The lowest BCUT2D eigenvalue weighted by atomic mass is 10.2. The van der Waals surface area contributed by atoms with Crippen LogP contribution in [0.1, 0.15) is 13.8 Å². The van der Waals surface area contributed by atoms with E-state index in [-0.39, 0.29) is 11.9 Å². The molecule has 1 aliphatic rings. The highest BCUT2D eigenvalue weighted by molar-refractivity contribution is 5.10. The van der Waals surface area contributed by atoms with Gasteiger partial charge in [-0.25, -0.2) is 0 Å². The van der Waals surface area contributed by atoms with Crippen molar-refractivity contribution < 1.29 is 14.9 Å². The Hall–Kier alpha value is -0.700. The van der Waals surface area contributed by atoms with E-state index in [2.05, 4.69) is 0 Å².